The second-order valence-corrected chi connectivity index (χ2v) is 11.1. The molecular formula is C20H16I3O6S-. The van der Waals surface area contributed by atoms with Gasteiger partial charge in [0.15, 0.2) is 11.5 Å². The molecule has 0 saturated carbocycles. The molecule has 0 atom stereocenters. The van der Waals surface area contributed by atoms with Crippen LogP contribution in [0, 0.1) is 10.7 Å². The minimum absolute atomic E-state index is 0.124. The van der Waals surface area contributed by atoms with Crippen molar-refractivity contribution in [1.29, 1.82) is 0 Å². The van der Waals surface area contributed by atoms with Gasteiger partial charge in [-0.15, -0.1) is 0 Å². The quantitative estimate of drug-likeness (QED) is 0.223. The zero-order valence-corrected chi connectivity index (χ0v) is 22.7. The number of benzene rings is 1. The van der Waals surface area contributed by atoms with Gasteiger partial charge in [-0.1, -0.05) is 36.4 Å². The maximum atomic E-state index is 10.8. The van der Waals surface area contributed by atoms with Gasteiger partial charge in [0.1, 0.15) is 5.75 Å². The predicted molar refractivity (Wildman–Crippen MR) is 137 cm³/mol. The molecule has 1 aliphatic heterocycles. The zero-order chi connectivity index (χ0) is 21.7. The van der Waals surface area contributed by atoms with Gasteiger partial charge in [-0.25, -0.2) is 8.42 Å². The Morgan fingerprint density at radius 2 is 1.50 bits per heavy atom. The third-order valence-corrected chi connectivity index (χ3v) is 7.50. The van der Waals surface area contributed by atoms with Crippen LogP contribution in [0.25, 0.3) is 0 Å². The fourth-order valence-corrected chi connectivity index (χ4v) is 7.28. The van der Waals surface area contributed by atoms with Gasteiger partial charge in [0.25, 0.3) is 6.29 Å². The predicted octanol–water partition coefficient (Wildman–Crippen LogP) is 5.41. The standard InChI is InChI=1S/C20H17I3O6S/c21-13-12-14(22)19(27-10-7-11-30(24,25)26)18(23)17(13)20-28-15-8-5-3-1-2-4-6-9-16(15)29-20/h1-6,8-9,12,20H,7,10-11H2,(H,24,25,26)/p-1. The molecule has 0 saturated heterocycles. The Balaban J connectivity index is 1.88. The Hall–Kier alpha value is -0.580. The summed E-state index contributed by atoms with van der Waals surface area (Å²) in [7, 11) is -4.25. The number of hydrogen-bond donors (Lipinski definition) is 0. The van der Waals surface area contributed by atoms with Crippen molar-refractivity contribution >= 4 is 77.9 Å². The molecule has 0 amide bonds. The van der Waals surface area contributed by atoms with Crippen molar-refractivity contribution in [2.45, 2.75) is 12.7 Å². The van der Waals surface area contributed by atoms with Crippen LogP contribution in [0.4, 0.5) is 0 Å². The molecule has 0 bridgehead atoms. The van der Waals surface area contributed by atoms with E-state index in [4.69, 9.17) is 14.2 Å². The average molecular weight is 765 g/mol. The molecule has 0 aliphatic carbocycles. The van der Waals surface area contributed by atoms with E-state index < -0.39 is 22.2 Å². The van der Waals surface area contributed by atoms with Gasteiger partial charge in [-0.05, 0) is 92.4 Å². The molecule has 10 heteroatoms. The zero-order valence-electron chi connectivity index (χ0n) is 15.4. The van der Waals surface area contributed by atoms with Crippen LogP contribution in [0.15, 0.2) is 54.6 Å². The molecule has 0 fully saturated rings. The van der Waals surface area contributed by atoms with E-state index in [9.17, 15) is 13.0 Å². The van der Waals surface area contributed by atoms with Crippen molar-refractivity contribution in [1.82, 2.24) is 0 Å². The first-order valence-electron chi connectivity index (χ1n) is 8.75. The largest absolute Gasteiger partial charge is 0.748 e. The van der Waals surface area contributed by atoms with Gasteiger partial charge in [-0.3, -0.25) is 0 Å². The third-order valence-electron chi connectivity index (χ3n) is 3.95. The second kappa shape index (κ2) is 10.8. The van der Waals surface area contributed by atoms with Crippen LogP contribution in [-0.4, -0.2) is 25.3 Å². The monoisotopic (exact) mass is 765 g/mol. The molecule has 160 valence electrons. The van der Waals surface area contributed by atoms with Gasteiger partial charge in [-0.2, -0.15) is 0 Å². The summed E-state index contributed by atoms with van der Waals surface area (Å²) in [5, 5.41) is 0. The summed E-state index contributed by atoms with van der Waals surface area (Å²) in [4.78, 5) is 0. The Labute approximate surface area is 216 Å². The third kappa shape index (κ3) is 6.46. The van der Waals surface area contributed by atoms with Crippen LogP contribution < -0.4 is 14.2 Å². The molecule has 6 nitrogen and oxygen atoms in total. The lowest BCUT2D eigenvalue weighted by Crippen LogP contribution is -2.15. The van der Waals surface area contributed by atoms with Crippen molar-refractivity contribution in [3.05, 3.63) is 70.9 Å². The van der Waals surface area contributed by atoms with E-state index in [1.807, 2.05) is 54.6 Å². The molecule has 3 rings (SSSR count). The summed E-state index contributed by atoms with van der Waals surface area (Å²) < 4.78 is 53.0. The summed E-state index contributed by atoms with van der Waals surface area (Å²) in [6.45, 7) is 0.124. The normalized spacial score (nSPS) is 13.1. The first kappa shape index (κ1) is 24.1. The number of hydrogen-bond acceptors (Lipinski definition) is 6. The molecule has 2 aromatic rings. The number of halogens is 3. The van der Waals surface area contributed by atoms with E-state index in [2.05, 4.69) is 67.8 Å². The Bertz CT molecular complexity index is 1050. The highest BCUT2D eigenvalue weighted by molar-refractivity contribution is 14.1. The molecule has 0 unspecified atom stereocenters. The van der Waals surface area contributed by atoms with Crippen molar-refractivity contribution in [2.75, 3.05) is 12.4 Å². The Morgan fingerprint density at radius 3 is 2.07 bits per heavy atom. The first-order chi connectivity index (χ1) is 14.3. The van der Waals surface area contributed by atoms with E-state index in [0.717, 1.165) is 16.3 Å². The molecule has 1 heterocycles. The highest BCUT2D eigenvalue weighted by atomic mass is 127. The van der Waals surface area contributed by atoms with Crippen LogP contribution in [0.5, 0.6) is 17.2 Å². The smallest absolute Gasteiger partial charge is 0.270 e. The molecule has 30 heavy (non-hydrogen) atoms. The van der Waals surface area contributed by atoms with Gasteiger partial charge < -0.3 is 18.8 Å². The summed E-state index contributed by atoms with van der Waals surface area (Å²) in [5.41, 5.74) is 0.832. The van der Waals surface area contributed by atoms with Crippen LogP contribution in [0.2, 0.25) is 0 Å². The van der Waals surface area contributed by atoms with E-state index >= 15 is 0 Å². The fourth-order valence-electron chi connectivity index (χ4n) is 2.62. The summed E-state index contributed by atoms with van der Waals surface area (Å²) in [6.07, 6.45) is -0.513. The van der Waals surface area contributed by atoms with Crippen LogP contribution >= 0.6 is 67.8 Å². The van der Waals surface area contributed by atoms with Crippen LogP contribution in [-0.2, 0) is 10.1 Å². The van der Waals surface area contributed by atoms with Crippen molar-refractivity contribution in [3.8, 4) is 17.2 Å². The molecular weight excluding hydrogens is 749 g/mol. The summed E-state index contributed by atoms with van der Waals surface area (Å²) in [5.74, 6) is 1.42. The lowest BCUT2D eigenvalue weighted by Gasteiger charge is -2.19. The number of fused-ring (bicyclic) bond motifs is 1. The molecule has 2 aromatic carbocycles. The van der Waals surface area contributed by atoms with Crippen molar-refractivity contribution < 1.29 is 27.2 Å². The van der Waals surface area contributed by atoms with Crippen molar-refractivity contribution in [3.63, 3.8) is 0 Å². The maximum absolute atomic E-state index is 10.8. The second-order valence-electron chi connectivity index (χ2n) is 6.14. The van der Waals surface area contributed by atoms with Crippen molar-refractivity contribution in [2.24, 2.45) is 0 Å². The van der Waals surface area contributed by atoms with E-state index in [0.29, 0.717) is 17.2 Å². The molecule has 0 N–H and O–H groups in total. The molecule has 0 radical (unpaired) electrons. The minimum atomic E-state index is -4.25. The summed E-state index contributed by atoms with van der Waals surface area (Å²) in [6, 6.07) is 17.1. The van der Waals surface area contributed by atoms with Gasteiger partial charge >= 0.3 is 0 Å². The number of rotatable bonds is 6. The maximum Gasteiger partial charge on any atom is 0.270 e. The van der Waals surface area contributed by atoms with Gasteiger partial charge in [0.2, 0.25) is 0 Å². The minimum Gasteiger partial charge on any atom is -0.748 e. The van der Waals surface area contributed by atoms with Gasteiger partial charge in [0.05, 0.1) is 29.4 Å². The van der Waals surface area contributed by atoms with Crippen LogP contribution in [0.1, 0.15) is 18.3 Å². The lowest BCUT2D eigenvalue weighted by atomic mass is 10.2. The average Bonchev–Trinajstić information content (AvgIpc) is 3.05. The SMILES string of the molecule is O=S(=O)([O-])CCCOc1c(I)cc(I)c(C2Oc3ccccccccc3O2)c1I. The van der Waals surface area contributed by atoms with Crippen LogP contribution in [0.3, 0.4) is 0 Å². The summed E-state index contributed by atoms with van der Waals surface area (Å²) >= 11 is 6.58. The highest BCUT2D eigenvalue weighted by Gasteiger charge is 2.31. The van der Waals surface area contributed by atoms with Gasteiger partial charge in [0, 0.05) is 9.32 Å². The first-order valence-corrected chi connectivity index (χ1v) is 13.6. The Morgan fingerprint density at radius 1 is 0.933 bits per heavy atom. The number of ether oxygens (including phenoxy) is 3. The van der Waals surface area contributed by atoms with E-state index in [1.165, 1.54) is 0 Å². The fraction of sp³-hybridized carbons (Fsp3) is 0.200. The molecule has 0 spiro atoms. The lowest BCUT2D eigenvalue weighted by molar-refractivity contribution is 0.0467. The topological polar surface area (TPSA) is 84.9 Å². The Kier molecular flexibility index (Phi) is 8.69. The van der Waals surface area contributed by atoms with E-state index in [-0.39, 0.29) is 13.0 Å². The van der Waals surface area contributed by atoms with E-state index in [1.54, 1.807) is 0 Å². The molecule has 0 aromatic heterocycles. The molecule has 1 aliphatic rings. The highest BCUT2D eigenvalue weighted by Crippen LogP contribution is 2.44.